The van der Waals surface area contributed by atoms with Crippen LogP contribution in [0.1, 0.15) is 26.7 Å². The first-order valence-electron chi connectivity index (χ1n) is 6.98. The number of nitrogens with one attached hydrogen (secondary N) is 2. The fourth-order valence-electron chi connectivity index (χ4n) is 1.08. The van der Waals surface area contributed by atoms with E-state index in [0.717, 1.165) is 12.8 Å². The van der Waals surface area contributed by atoms with E-state index in [1.54, 1.807) is 0 Å². The molecule has 0 bridgehead atoms. The molecular weight excluding hydrogens is 180 g/mol. The highest BCUT2D eigenvalue weighted by Crippen LogP contribution is 1.89. The summed E-state index contributed by atoms with van der Waals surface area (Å²) in [5.41, 5.74) is 0. The Morgan fingerprint density at radius 1 is 1.07 bits per heavy atom. The third-order valence-corrected chi connectivity index (χ3v) is 2.20. The van der Waals surface area contributed by atoms with Gasteiger partial charge in [0, 0.05) is 25.2 Å². The summed E-state index contributed by atoms with van der Waals surface area (Å²) >= 11 is 0. The van der Waals surface area contributed by atoms with Crippen LogP contribution in [-0.2, 0) is 0 Å². The van der Waals surface area contributed by atoms with E-state index in [1.165, 1.54) is 10.6 Å². The number of aliphatic hydroxyl groups excluding tert-OH is 2. The first-order valence-corrected chi connectivity index (χ1v) is 5.27. The zero-order valence-electron chi connectivity index (χ0n) is 13.1. The lowest BCUT2D eigenvalue weighted by Crippen LogP contribution is -2.40. The molecule has 2 atom stereocenters. The predicted molar refractivity (Wildman–Crippen MR) is 58.3 cm³/mol. The minimum atomic E-state index is -0.122. The number of hydrogen-bond acceptors (Lipinski definition) is 4. The van der Waals surface area contributed by atoms with Crippen molar-refractivity contribution >= 4 is 0 Å². The zero-order chi connectivity index (χ0) is 14.0. The van der Waals surface area contributed by atoms with Crippen molar-refractivity contribution in [2.24, 2.45) is 0 Å². The average Bonchev–Trinajstić information content (AvgIpc) is 2.38. The standard InChI is InChI=1S/C10H24N2O2/c1-3-9(7-13)11-5-6-12-10(4-2)8-14/h9-14H,3-8H2,1-2H3/t9-,10-/m0/s1/i13D,14D/hD2. The Balaban J connectivity index is 4.04. The molecule has 14 heavy (non-hydrogen) atoms. The van der Waals surface area contributed by atoms with Crippen molar-refractivity contribution in [3.63, 3.8) is 0 Å². The minimum Gasteiger partial charge on any atom is -0.395 e. The first kappa shape index (κ1) is 8.05. The molecule has 0 aromatic heterocycles. The lowest BCUT2D eigenvalue weighted by atomic mass is 10.2. The number of hydrogen-bond donors (Lipinski definition) is 4. The number of rotatable bonds is 11. The van der Waals surface area contributed by atoms with Gasteiger partial charge in [-0.25, -0.2) is 0 Å². The van der Waals surface area contributed by atoms with Crippen LogP contribution in [0, 0.1) is 0 Å². The fourth-order valence-corrected chi connectivity index (χ4v) is 1.08. The van der Waals surface area contributed by atoms with Gasteiger partial charge in [-0.15, -0.1) is 0 Å². The molecule has 0 aliphatic rings. The molecule has 0 aliphatic heterocycles. The summed E-state index contributed by atoms with van der Waals surface area (Å²) < 4.78 is 29.0. The van der Waals surface area contributed by atoms with Crippen molar-refractivity contribution in [3.05, 3.63) is 0 Å². The summed E-state index contributed by atoms with van der Waals surface area (Å²) in [4.78, 5) is 0. The molecule has 86 valence electrons. The third kappa shape index (κ3) is 6.32. The molecule has 0 unspecified atom stereocenters. The molecule has 0 radical (unpaired) electrons. The van der Waals surface area contributed by atoms with Crippen LogP contribution in [-0.4, -0.2) is 51.5 Å². The topological polar surface area (TPSA) is 64.5 Å². The third-order valence-electron chi connectivity index (χ3n) is 2.20. The molecule has 4 nitrogen and oxygen atoms in total. The van der Waals surface area contributed by atoms with Gasteiger partial charge in [0.1, 0.15) is 2.82 Å². The second-order valence-corrected chi connectivity index (χ2v) is 3.27. The van der Waals surface area contributed by atoms with Gasteiger partial charge in [-0.05, 0) is 12.8 Å². The van der Waals surface area contributed by atoms with Gasteiger partial charge in [0.2, 0.25) is 2.86 Å². The smallest absolute Gasteiger partial charge is 0.210 e. The molecule has 0 fully saturated rings. The molecule has 0 spiro atoms. The van der Waals surface area contributed by atoms with Crippen LogP contribution >= 0.6 is 0 Å². The summed E-state index contributed by atoms with van der Waals surface area (Å²) in [6.45, 7) is 5.08. The van der Waals surface area contributed by atoms with E-state index < -0.39 is 0 Å². The molecule has 0 amide bonds. The van der Waals surface area contributed by atoms with Gasteiger partial charge < -0.3 is 20.8 Å². The summed E-state index contributed by atoms with van der Waals surface area (Å²) in [5, 5.41) is 11.3. The lowest BCUT2D eigenvalue weighted by molar-refractivity contribution is 0.229. The van der Waals surface area contributed by atoms with E-state index in [4.69, 9.17) is 5.69 Å². The summed E-state index contributed by atoms with van der Waals surface area (Å²) in [6.07, 6.45) is 1.46. The summed E-state index contributed by atoms with van der Waals surface area (Å²) in [6, 6.07) is -0.244. The van der Waals surface area contributed by atoms with Crippen molar-refractivity contribution in [2.45, 2.75) is 38.8 Å². The van der Waals surface area contributed by atoms with Crippen LogP contribution in [0.25, 0.3) is 0 Å². The maximum absolute atomic E-state index is 7.82. The monoisotopic (exact) mass is 208 g/mol. The molecular formula is C10H24N2O2. The van der Waals surface area contributed by atoms with Crippen LogP contribution in [0.15, 0.2) is 0 Å². The molecule has 4 N–H and O–H groups in total. The van der Waals surface area contributed by atoms with Crippen molar-refractivity contribution < 1.29 is 13.0 Å². The fraction of sp³-hybridized carbons (Fsp3) is 1.00. The normalized spacial score (nSPS) is 20.0. The minimum absolute atomic E-state index is 0.122. The molecule has 4 heteroatoms. The summed E-state index contributed by atoms with van der Waals surface area (Å²) in [7, 11) is 0. The molecule has 0 aromatic rings. The maximum Gasteiger partial charge on any atom is 0.210 e. The second kappa shape index (κ2) is 9.40. The predicted octanol–water partition coefficient (Wildman–Crippen LogP) is -0.293. The molecule has 0 saturated heterocycles. The molecule has 0 aliphatic carbocycles. The van der Waals surface area contributed by atoms with Crippen molar-refractivity contribution in [3.8, 4) is 0 Å². The van der Waals surface area contributed by atoms with E-state index in [-0.39, 0.29) is 25.3 Å². The van der Waals surface area contributed by atoms with E-state index in [2.05, 4.69) is 10.2 Å². The van der Waals surface area contributed by atoms with Gasteiger partial charge in [0.05, 0.1) is 13.2 Å². The first-order chi connectivity index (χ1) is 8.60. The van der Waals surface area contributed by atoms with E-state index >= 15 is 0 Å². The Morgan fingerprint density at radius 2 is 1.50 bits per heavy atom. The highest BCUT2D eigenvalue weighted by Gasteiger charge is 2.04. The largest absolute Gasteiger partial charge is 0.395 e. The lowest BCUT2D eigenvalue weighted by Gasteiger charge is -2.17. The highest BCUT2D eigenvalue weighted by atomic mass is 16.3. The van der Waals surface area contributed by atoms with Gasteiger partial charge in [-0.2, -0.15) is 0 Å². The van der Waals surface area contributed by atoms with Crippen molar-refractivity contribution in [2.75, 3.05) is 26.3 Å². The molecule has 0 rings (SSSR count). The van der Waals surface area contributed by atoms with Crippen molar-refractivity contribution in [1.82, 2.24) is 10.6 Å². The van der Waals surface area contributed by atoms with Crippen molar-refractivity contribution in [1.29, 1.82) is 2.86 Å². The highest BCUT2D eigenvalue weighted by molar-refractivity contribution is 4.67. The van der Waals surface area contributed by atoms with E-state index in [0.29, 0.717) is 13.1 Å². The Kier molecular flexibility index (Phi) is 5.40. The average molecular weight is 208 g/mol. The van der Waals surface area contributed by atoms with Gasteiger partial charge in [-0.3, -0.25) is 0 Å². The van der Waals surface area contributed by atoms with Crippen LogP contribution in [0.4, 0.5) is 0 Å². The van der Waals surface area contributed by atoms with Crippen LogP contribution in [0.3, 0.4) is 0 Å². The van der Waals surface area contributed by atoms with Gasteiger partial charge in [0.15, 0.2) is 0 Å². The Bertz CT molecular complexity index is 183. The van der Waals surface area contributed by atoms with E-state index in [9.17, 15) is 0 Å². The Hall–Kier alpha value is -0.160. The van der Waals surface area contributed by atoms with Gasteiger partial charge in [-0.1, -0.05) is 13.8 Å². The van der Waals surface area contributed by atoms with Gasteiger partial charge >= 0.3 is 0 Å². The Morgan fingerprint density at radius 3 is 1.79 bits per heavy atom. The van der Waals surface area contributed by atoms with Crippen LogP contribution < -0.4 is 10.6 Å². The summed E-state index contributed by atoms with van der Waals surface area (Å²) in [5.74, 6) is 0. The molecule has 0 heterocycles. The van der Waals surface area contributed by atoms with Gasteiger partial charge in [0.25, 0.3) is 0 Å². The SMILES string of the molecule is [2H]OC[C@H](CC)N([2H])CCN([2H])[C@@H](CC)CO[2H]. The second-order valence-electron chi connectivity index (χ2n) is 3.27. The van der Waals surface area contributed by atoms with E-state index in [1.807, 2.05) is 13.8 Å². The Labute approximate surface area is 92.6 Å². The number of aliphatic hydroxyl groups is 2. The molecule has 0 aromatic carbocycles. The molecule has 0 saturated carbocycles. The van der Waals surface area contributed by atoms with Crippen LogP contribution in [0.5, 0.6) is 0 Å². The van der Waals surface area contributed by atoms with Crippen LogP contribution in [0.2, 0.25) is 2.82 Å². The quantitative estimate of drug-likeness (QED) is 0.377. The zero-order valence-corrected chi connectivity index (χ0v) is 9.11. The maximum atomic E-state index is 7.82.